The van der Waals surface area contributed by atoms with Gasteiger partial charge in [-0.15, -0.1) is 11.3 Å². The van der Waals surface area contributed by atoms with Crippen LogP contribution in [-0.4, -0.2) is 27.9 Å². The first-order valence-corrected chi connectivity index (χ1v) is 6.45. The van der Waals surface area contributed by atoms with Crippen molar-refractivity contribution in [2.24, 2.45) is 0 Å². The van der Waals surface area contributed by atoms with Gasteiger partial charge in [-0.1, -0.05) is 11.2 Å². The predicted octanol–water partition coefficient (Wildman–Crippen LogP) is 1.12. The summed E-state index contributed by atoms with van der Waals surface area (Å²) in [6.45, 7) is 0.591. The molecule has 1 aliphatic heterocycles. The standard InChI is InChI=1S/C11H13N3O2S/c15-7-4-9(12-6-7)11-13-10(14-16-11)5-8-2-1-3-17-8/h1-3,7,9,12,15H,4-6H2/t7-,9+/m1/s1. The minimum Gasteiger partial charge on any atom is -0.392 e. The largest absolute Gasteiger partial charge is 0.392 e. The third-order valence-electron chi connectivity index (χ3n) is 2.80. The molecule has 3 rings (SSSR count). The van der Waals surface area contributed by atoms with Gasteiger partial charge in [-0.3, -0.25) is 0 Å². The highest BCUT2D eigenvalue weighted by molar-refractivity contribution is 7.09. The van der Waals surface area contributed by atoms with Gasteiger partial charge in [0.1, 0.15) is 0 Å². The van der Waals surface area contributed by atoms with E-state index in [0.29, 0.717) is 31.1 Å². The predicted molar refractivity (Wildman–Crippen MR) is 62.8 cm³/mol. The van der Waals surface area contributed by atoms with E-state index < -0.39 is 0 Å². The van der Waals surface area contributed by atoms with Crippen LogP contribution >= 0.6 is 11.3 Å². The third-order valence-corrected chi connectivity index (χ3v) is 3.68. The van der Waals surface area contributed by atoms with Gasteiger partial charge < -0.3 is 14.9 Å². The second-order valence-electron chi connectivity index (χ2n) is 4.16. The number of thiophene rings is 1. The Hall–Kier alpha value is -1.24. The van der Waals surface area contributed by atoms with Gasteiger partial charge in [-0.25, -0.2) is 0 Å². The zero-order valence-corrected chi connectivity index (χ0v) is 9.98. The summed E-state index contributed by atoms with van der Waals surface area (Å²) >= 11 is 1.68. The maximum atomic E-state index is 9.42. The van der Waals surface area contributed by atoms with Gasteiger partial charge in [-0.2, -0.15) is 4.98 Å². The molecule has 0 aromatic carbocycles. The van der Waals surface area contributed by atoms with E-state index in [-0.39, 0.29) is 12.1 Å². The molecule has 1 aliphatic rings. The molecule has 0 radical (unpaired) electrons. The molecule has 0 amide bonds. The Bertz CT molecular complexity index is 483. The van der Waals surface area contributed by atoms with Crippen LogP contribution in [-0.2, 0) is 6.42 Å². The van der Waals surface area contributed by atoms with E-state index in [4.69, 9.17) is 4.52 Å². The molecule has 3 heterocycles. The molecule has 0 aliphatic carbocycles. The second kappa shape index (κ2) is 4.56. The van der Waals surface area contributed by atoms with Gasteiger partial charge in [0, 0.05) is 17.8 Å². The van der Waals surface area contributed by atoms with E-state index in [2.05, 4.69) is 21.5 Å². The molecule has 0 bridgehead atoms. The minimum absolute atomic E-state index is 0.00501. The first-order chi connectivity index (χ1) is 8.31. The summed E-state index contributed by atoms with van der Waals surface area (Å²) in [6, 6.07) is 4.06. The van der Waals surface area contributed by atoms with Crippen LogP contribution < -0.4 is 5.32 Å². The smallest absolute Gasteiger partial charge is 0.243 e. The minimum atomic E-state index is -0.312. The summed E-state index contributed by atoms with van der Waals surface area (Å²) in [7, 11) is 0. The lowest BCUT2D eigenvalue weighted by atomic mass is 10.2. The Morgan fingerprint density at radius 2 is 2.53 bits per heavy atom. The molecule has 17 heavy (non-hydrogen) atoms. The average molecular weight is 251 g/mol. The van der Waals surface area contributed by atoms with E-state index in [1.165, 1.54) is 4.88 Å². The Kier molecular flexibility index (Phi) is 2.92. The quantitative estimate of drug-likeness (QED) is 0.855. The van der Waals surface area contributed by atoms with Crippen molar-refractivity contribution in [2.45, 2.75) is 25.0 Å². The summed E-state index contributed by atoms with van der Waals surface area (Å²) < 4.78 is 5.22. The van der Waals surface area contributed by atoms with Crippen molar-refractivity contribution < 1.29 is 9.63 Å². The fourth-order valence-electron chi connectivity index (χ4n) is 1.95. The molecule has 0 unspecified atom stereocenters. The highest BCUT2D eigenvalue weighted by atomic mass is 32.1. The zero-order chi connectivity index (χ0) is 11.7. The van der Waals surface area contributed by atoms with E-state index in [1.807, 2.05) is 11.4 Å². The summed E-state index contributed by atoms with van der Waals surface area (Å²) in [5.74, 6) is 1.28. The van der Waals surface area contributed by atoms with Crippen LogP contribution in [0.4, 0.5) is 0 Å². The van der Waals surface area contributed by atoms with Crippen LogP contribution in [0.15, 0.2) is 22.0 Å². The summed E-state index contributed by atoms with van der Waals surface area (Å²) in [4.78, 5) is 5.58. The number of hydrogen-bond donors (Lipinski definition) is 2. The molecule has 1 saturated heterocycles. The van der Waals surface area contributed by atoms with Crippen LogP contribution in [0.2, 0.25) is 0 Å². The molecule has 1 fully saturated rings. The van der Waals surface area contributed by atoms with Gasteiger partial charge >= 0.3 is 0 Å². The van der Waals surface area contributed by atoms with Crippen molar-refractivity contribution >= 4 is 11.3 Å². The number of aromatic nitrogens is 2. The van der Waals surface area contributed by atoms with Gasteiger partial charge in [0.2, 0.25) is 5.89 Å². The Balaban J connectivity index is 1.70. The topological polar surface area (TPSA) is 71.2 Å². The van der Waals surface area contributed by atoms with E-state index >= 15 is 0 Å². The molecular weight excluding hydrogens is 238 g/mol. The summed E-state index contributed by atoms with van der Waals surface area (Å²) in [5, 5.41) is 18.6. The lowest BCUT2D eigenvalue weighted by Gasteiger charge is -2.01. The van der Waals surface area contributed by atoms with Gasteiger partial charge in [-0.05, 0) is 17.9 Å². The average Bonchev–Trinajstić information content (AvgIpc) is 2.99. The molecule has 2 aromatic rings. The molecule has 2 N–H and O–H groups in total. The molecule has 2 atom stereocenters. The summed E-state index contributed by atoms with van der Waals surface area (Å²) in [6.07, 6.45) is 1.03. The van der Waals surface area contributed by atoms with Crippen LogP contribution in [0, 0.1) is 0 Å². The molecule has 0 spiro atoms. The number of β-amino-alcohol motifs (C(OH)–C–C–N with tert-alkyl or cyclic N) is 1. The molecule has 6 heteroatoms. The number of aliphatic hydroxyl groups excluding tert-OH is 1. The molecular formula is C11H13N3O2S. The van der Waals surface area contributed by atoms with E-state index in [0.717, 1.165) is 0 Å². The number of hydrogen-bond acceptors (Lipinski definition) is 6. The first-order valence-electron chi connectivity index (χ1n) is 5.57. The zero-order valence-electron chi connectivity index (χ0n) is 9.17. The fourth-order valence-corrected chi connectivity index (χ4v) is 2.66. The Morgan fingerprint density at radius 3 is 3.24 bits per heavy atom. The first kappa shape index (κ1) is 10.9. The van der Waals surface area contributed by atoms with E-state index in [9.17, 15) is 5.11 Å². The molecule has 5 nitrogen and oxygen atoms in total. The molecule has 0 saturated carbocycles. The molecule has 2 aromatic heterocycles. The SMILES string of the molecule is O[C@H]1CN[C@H](c2nc(Cc3cccs3)no2)C1. The number of nitrogens with one attached hydrogen (secondary N) is 1. The van der Waals surface area contributed by atoms with Crippen molar-refractivity contribution in [3.63, 3.8) is 0 Å². The van der Waals surface area contributed by atoms with Crippen molar-refractivity contribution in [3.05, 3.63) is 34.1 Å². The second-order valence-corrected chi connectivity index (χ2v) is 5.19. The maximum Gasteiger partial charge on any atom is 0.243 e. The highest BCUT2D eigenvalue weighted by Crippen LogP contribution is 2.22. The van der Waals surface area contributed by atoms with E-state index in [1.54, 1.807) is 11.3 Å². The van der Waals surface area contributed by atoms with Crippen molar-refractivity contribution in [3.8, 4) is 0 Å². The van der Waals surface area contributed by atoms with Crippen LogP contribution in [0.3, 0.4) is 0 Å². The maximum absolute atomic E-state index is 9.42. The van der Waals surface area contributed by atoms with Crippen LogP contribution in [0.5, 0.6) is 0 Å². The summed E-state index contributed by atoms with van der Waals surface area (Å²) in [5.41, 5.74) is 0. The number of nitrogens with zero attached hydrogens (tertiary/aromatic N) is 2. The van der Waals surface area contributed by atoms with Crippen molar-refractivity contribution in [1.82, 2.24) is 15.5 Å². The van der Waals surface area contributed by atoms with Gasteiger partial charge in [0.05, 0.1) is 12.1 Å². The van der Waals surface area contributed by atoms with Gasteiger partial charge in [0.15, 0.2) is 5.82 Å². The number of aliphatic hydroxyl groups is 1. The fraction of sp³-hybridized carbons (Fsp3) is 0.455. The highest BCUT2D eigenvalue weighted by Gasteiger charge is 2.28. The van der Waals surface area contributed by atoms with Crippen molar-refractivity contribution in [2.75, 3.05) is 6.54 Å². The lowest BCUT2D eigenvalue weighted by molar-refractivity contribution is 0.191. The third kappa shape index (κ3) is 2.38. The lowest BCUT2D eigenvalue weighted by Crippen LogP contribution is -2.15. The van der Waals surface area contributed by atoms with Crippen LogP contribution in [0.25, 0.3) is 0 Å². The van der Waals surface area contributed by atoms with Gasteiger partial charge in [0.25, 0.3) is 0 Å². The van der Waals surface area contributed by atoms with Crippen LogP contribution in [0.1, 0.15) is 29.1 Å². The number of rotatable bonds is 3. The Morgan fingerprint density at radius 1 is 1.59 bits per heavy atom. The monoisotopic (exact) mass is 251 g/mol. The van der Waals surface area contributed by atoms with Crippen molar-refractivity contribution in [1.29, 1.82) is 0 Å². The Labute approximate surface area is 102 Å². The molecule has 90 valence electrons. The normalized spacial score (nSPS) is 24.3.